The molecular formula is C11H18N3O4P. The van der Waals surface area contributed by atoms with Crippen LogP contribution < -0.4 is 0 Å². The van der Waals surface area contributed by atoms with Crippen molar-refractivity contribution in [2.45, 2.75) is 37.8 Å². The predicted octanol–water partition coefficient (Wildman–Crippen LogP) is 0.531. The average molecular weight is 287 g/mol. The zero-order chi connectivity index (χ0) is 13.4. The summed E-state index contributed by atoms with van der Waals surface area (Å²) in [7, 11) is 2.09. The molecule has 2 bridgehead atoms. The molecule has 7 nitrogen and oxygen atoms in total. The molecule has 0 aromatic rings. The second kappa shape index (κ2) is 5.23. The van der Waals surface area contributed by atoms with Gasteiger partial charge < -0.3 is 4.90 Å². The molecule has 0 aromatic heterocycles. The molecule has 3 atom stereocenters. The van der Waals surface area contributed by atoms with Gasteiger partial charge in [-0.1, -0.05) is 0 Å². The number of hydroxylamine groups is 4. The zero-order valence-corrected chi connectivity index (χ0v) is 11.8. The lowest BCUT2D eigenvalue weighted by Gasteiger charge is -2.34. The number of carbonyl (C=O) groups is 2. The number of fused-ring (bicyclic) bond motifs is 2. The highest BCUT2D eigenvalue weighted by molar-refractivity contribution is 7.09. The van der Waals surface area contributed by atoms with E-state index in [4.69, 9.17) is 9.46 Å². The molecule has 3 aliphatic heterocycles. The van der Waals surface area contributed by atoms with Gasteiger partial charge in [0.05, 0.1) is 12.6 Å². The first kappa shape index (κ1) is 13.1. The van der Waals surface area contributed by atoms with E-state index in [2.05, 4.69) is 9.47 Å². The number of urea groups is 1. The minimum absolute atomic E-state index is 0.0522. The third-order valence-corrected chi connectivity index (χ3v) is 4.20. The van der Waals surface area contributed by atoms with Gasteiger partial charge in [0, 0.05) is 22.6 Å². The highest BCUT2D eigenvalue weighted by Crippen LogP contribution is 2.31. The minimum Gasteiger partial charge on any atom is -0.309 e. The molecule has 1 unspecified atom stereocenters. The van der Waals surface area contributed by atoms with Crippen molar-refractivity contribution < 1.29 is 19.1 Å². The maximum atomic E-state index is 12.4. The van der Waals surface area contributed by atoms with Crippen molar-refractivity contribution >= 4 is 21.4 Å². The lowest BCUT2D eigenvalue weighted by molar-refractivity contribution is -0.201. The van der Waals surface area contributed by atoms with Crippen LogP contribution in [0.15, 0.2) is 0 Å². The number of amides is 3. The lowest BCUT2D eigenvalue weighted by atomic mass is 10.00. The Balaban J connectivity index is 1.72. The van der Waals surface area contributed by atoms with Crippen LogP contribution in [-0.4, -0.2) is 58.7 Å². The second-order valence-electron chi connectivity index (χ2n) is 5.09. The Morgan fingerprint density at radius 1 is 1.37 bits per heavy atom. The molecular weight excluding hydrogens is 269 g/mol. The molecule has 0 spiro atoms. The van der Waals surface area contributed by atoms with Crippen LogP contribution in [0.2, 0.25) is 0 Å². The second-order valence-corrected chi connectivity index (χ2v) is 5.30. The molecule has 3 saturated heterocycles. The van der Waals surface area contributed by atoms with Gasteiger partial charge in [-0.15, -0.1) is 0 Å². The van der Waals surface area contributed by atoms with Gasteiger partial charge >= 0.3 is 6.03 Å². The van der Waals surface area contributed by atoms with E-state index in [1.54, 1.807) is 4.90 Å². The molecule has 0 radical (unpaired) electrons. The first-order valence-corrected chi connectivity index (χ1v) is 7.10. The van der Waals surface area contributed by atoms with E-state index in [0.29, 0.717) is 26.1 Å². The Morgan fingerprint density at radius 2 is 2.21 bits per heavy atom. The van der Waals surface area contributed by atoms with Gasteiger partial charge in [0.25, 0.3) is 5.91 Å². The van der Waals surface area contributed by atoms with Crippen LogP contribution >= 0.6 is 9.47 Å². The van der Waals surface area contributed by atoms with E-state index in [0.717, 1.165) is 19.3 Å². The van der Waals surface area contributed by atoms with Crippen LogP contribution in [0.25, 0.3) is 0 Å². The van der Waals surface area contributed by atoms with Crippen molar-refractivity contribution in [3.05, 3.63) is 0 Å². The van der Waals surface area contributed by atoms with E-state index in [1.807, 2.05) is 0 Å². The van der Waals surface area contributed by atoms with Crippen molar-refractivity contribution in [2.24, 2.45) is 0 Å². The fraction of sp³-hybridized carbons (Fsp3) is 0.818. The quantitative estimate of drug-likeness (QED) is 0.695. The average Bonchev–Trinajstić information content (AvgIpc) is 2.71. The number of hydrogen-bond donors (Lipinski definition) is 0. The maximum absolute atomic E-state index is 12.4. The van der Waals surface area contributed by atoms with Crippen molar-refractivity contribution in [1.29, 1.82) is 0 Å². The summed E-state index contributed by atoms with van der Waals surface area (Å²) in [6, 6.07) is -0.587. The first-order valence-electron chi connectivity index (χ1n) is 6.63. The molecule has 0 aromatic carbocycles. The Bertz CT molecular complexity index is 388. The largest absolute Gasteiger partial charge is 0.345 e. The van der Waals surface area contributed by atoms with Gasteiger partial charge in [-0.05, 0) is 25.7 Å². The fourth-order valence-corrected chi connectivity index (χ4v) is 3.22. The summed E-state index contributed by atoms with van der Waals surface area (Å²) < 4.78 is 5.01. The SMILES string of the molecule is O=C([C@@H]1CC[C@@H]2CN1C(=O)N2OP)N1CCCCO1. The fourth-order valence-electron chi connectivity index (χ4n) is 2.96. The number of nitrogens with zero attached hydrogens (tertiary/aromatic N) is 3. The normalized spacial score (nSPS) is 31.0. The van der Waals surface area contributed by atoms with Gasteiger partial charge in [-0.25, -0.2) is 9.86 Å². The van der Waals surface area contributed by atoms with E-state index >= 15 is 0 Å². The molecule has 0 saturated carbocycles. The summed E-state index contributed by atoms with van der Waals surface area (Å²) in [5.74, 6) is -0.0999. The van der Waals surface area contributed by atoms with E-state index in [-0.39, 0.29) is 18.0 Å². The van der Waals surface area contributed by atoms with Crippen LogP contribution in [-0.2, 0) is 14.3 Å². The molecule has 8 heteroatoms. The van der Waals surface area contributed by atoms with E-state index in [9.17, 15) is 9.59 Å². The molecule has 3 amide bonds. The van der Waals surface area contributed by atoms with Gasteiger partial charge in [-0.3, -0.25) is 14.3 Å². The third kappa shape index (κ3) is 2.20. The van der Waals surface area contributed by atoms with Crippen molar-refractivity contribution in [1.82, 2.24) is 15.0 Å². The number of hydrogen-bond acceptors (Lipinski definition) is 4. The molecule has 3 fully saturated rings. The lowest BCUT2D eigenvalue weighted by Crippen LogP contribution is -2.52. The summed E-state index contributed by atoms with van der Waals surface area (Å²) in [6.07, 6.45) is 3.38. The van der Waals surface area contributed by atoms with Crippen molar-refractivity contribution in [3.8, 4) is 0 Å². The highest BCUT2D eigenvalue weighted by Gasteiger charge is 2.48. The topological polar surface area (TPSA) is 62.3 Å². The van der Waals surface area contributed by atoms with Crippen LogP contribution in [0.5, 0.6) is 0 Å². The summed E-state index contributed by atoms with van der Waals surface area (Å²) in [5, 5.41) is 2.76. The Kier molecular flexibility index (Phi) is 3.60. The van der Waals surface area contributed by atoms with Gasteiger partial charge in [0.15, 0.2) is 0 Å². The number of carbonyl (C=O) groups excluding carboxylic acids is 2. The van der Waals surface area contributed by atoms with Crippen LogP contribution in [0.4, 0.5) is 4.79 Å². The van der Waals surface area contributed by atoms with Gasteiger partial charge in [0.1, 0.15) is 6.04 Å². The predicted molar refractivity (Wildman–Crippen MR) is 68.4 cm³/mol. The first-order chi connectivity index (χ1) is 9.22. The summed E-state index contributed by atoms with van der Waals surface area (Å²) in [5.41, 5.74) is 0. The number of piperidine rings is 1. The van der Waals surface area contributed by atoms with Crippen molar-refractivity contribution in [2.75, 3.05) is 19.7 Å². The highest BCUT2D eigenvalue weighted by atomic mass is 31.0. The number of rotatable bonds is 2. The molecule has 19 heavy (non-hydrogen) atoms. The van der Waals surface area contributed by atoms with E-state index in [1.165, 1.54) is 10.1 Å². The standard InChI is InChI=1S/C11H18N3O4P/c15-10(13-5-1-2-6-17-13)9-4-3-8-7-12(9)11(16)14(8)18-19/h8-9H,1-7,19H2/t8-,9+/m1/s1. The molecule has 106 valence electrons. The third-order valence-electron chi connectivity index (χ3n) is 3.97. The monoisotopic (exact) mass is 287 g/mol. The smallest absolute Gasteiger partial charge is 0.309 e. The molecule has 3 heterocycles. The van der Waals surface area contributed by atoms with Crippen LogP contribution in [0.1, 0.15) is 25.7 Å². The van der Waals surface area contributed by atoms with Crippen molar-refractivity contribution in [3.63, 3.8) is 0 Å². The zero-order valence-electron chi connectivity index (χ0n) is 10.7. The molecule has 3 rings (SSSR count). The summed E-state index contributed by atoms with van der Waals surface area (Å²) in [6.45, 7) is 1.75. The molecule has 3 aliphatic rings. The minimum atomic E-state index is -0.410. The Morgan fingerprint density at radius 3 is 2.89 bits per heavy atom. The molecule has 0 aliphatic carbocycles. The van der Waals surface area contributed by atoms with Gasteiger partial charge in [0.2, 0.25) is 0 Å². The van der Waals surface area contributed by atoms with E-state index < -0.39 is 6.04 Å². The van der Waals surface area contributed by atoms with Gasteiger partial charge in [-0.2, -0.15) is 5.06 Å². The van der Waals surface area contributed by atoms with Crippen LogP contribution in [0.3, 0.4) is 0 Å². The molecule has 0 N–H and O–H groups in total. The summed E-state index contributed by atoms with van der Waals surface area (Å²) in [4.78, 5) is 31.5. The van der Waals surface area contributed by atoms with Crippen LogP contribution in [0, 0.1) is 0 Å². The summed E-state index contributed by atoms with van der Waals surface area (Å²) >= 11 is 0. The Labute approximate surface area is 114 Å². The Hall–Kier alpha value is -0.910. The maximum Gasteiger partial charge on any atom is 0.345 e.